The molecule has 3 aromatic rings. The summed E-state index contributed by atoms with van der Waals surface area (Å²) in [4.78, 5) is 32.8. The molecular weight excluding hydrogens is 372 g/mol. The number of hydrogen-bond donors (Lipinski definition) is 0. The highest BCUT2D eigenvalue weighted by molar-refractivity contribution is 5.75. The van der Waals surface area contributed by atoms with Crippen molar-refractivity contribution >= 4 is 16.9 Å². The van der Waals surface area contributed by atoms with Crippen molar-refractivity contribution in [1.82, 2.24) is 28.0 Å². The number of fused-ring (bicyclic) bond motifs is 3. The van der Waals surface area contributed by atoms with Gasteiger partial charge < -0.3 is 9.30 Å². The number of morpholine rings is 1. The maximum absolute atomic E-state index is 13.1. The monoisotopic (exact) mass is 400 g/mol. The van der Waals surface area contributed by atoms with Crippen LogP contribution in [0.1, 0.15) is 19.0 Å². The molecule has 29 heavy (non-hydrogen) atoms. The van der Waals surface area contributed by atoms with E-state index in [1.54, 1.807) is 13.1 Å². The average Bonchev–Trinajstić information content (AvgIpc) is 3.23. The van der Waals surface area contributed by atoms with E-state index >= 15 is 0 Å². The van der Waals surface area contributed by atoms with Gasteiger partial charge in [0.2, 0.25) is 5.78 Å². The zero-order valence-corrected chi connectivity index (χ0v) is 17.3. The summed E-state index contributed by atoms with van der Waals surface area (Å²) in [5.41, 5.74) is 1.26. The molecule has 156 valence electrons. The fourth-order valence-corrected chi connectivity index (χ4v) is 3.98. The zero-order chi connectivity index (χ0) is 20.5. The van der Waals surface area contributed by atoms with Gasteiger partial charge in [0.15, 0.2) is 11.2 Å². The topological polar surface area (TPSA) is 78.7 Å². The molecule has 4 rings (SSSR count). The van der Waals surface area contributed by atoms with Crippen molar-refractivity contribution in [2.24, 2.45) is 7.05 Å². The van der Waals surface area contributed by atoms with Crippen LogP contribution in [0.4, 0.5) is 0 Å². The number of aromatic nitrogens is 5. The van der Waals surface area contributed by atoms with Crippen LogP contribution >= 0.6 is 0 Å². The van der Waals surface area contributed by atoms with Gasteiger partial charge in [-0.2, -0.15) is 4.98 Å². The Kier molecular flexibility index (Phi) is 5.42. The number of ether oxygens (including phenoxy) is 1. The van der Waals surface area contributed by atoms with Gasteiger partial charge in [-0.15, -0.1) is 0 Å². The maximum atomic E-state index is 13.1. The molecule has 0 N–H and O–H groups in total. The Balaban J connectivity index is 1.72. The van der Waals surface area contributed by atoms with Crippen LogP contribution in [-0.4, -0.2) is 60.8 Å². The Morgan fingerprint density at radius 2 is 1.93 bits per heavy atom. The van der Waals surface area contributed by atoms with Crippen molar-refractivity contribution in [3.8, 4) is 0 Å². The van der Waals surface area contributed by atoms with Gasteiger partial charge in [0.05, 0.1) is 13.2 Å². The minimum absolute atomic E-state index is 0.254. The van der Waals surface area contributed by atoms with Crippen molar-refractivity contribution in [3.05, 3.63) is 44.9 Å². The highest BCUT2D eigenvalue weighted by Gasteiger charge is 2.20. The molecule has 0 spiro atoms. The maximum Gasteiger partial charge on any atom is 0.332 e. The van der Waals surface area contributed by atoms with Gasteiger partial charge in [-0.3, -0.25) is 23.2 Å². The van der Waals surface area contributed by atoms with Gasteiger partial charge in [-0.1, -0.05) is 12.2 Å². The van der Waals surface area contributed by atoms with Crippen molar-refractivity contribution in [2.45, 2.75) is 33.4 Å². The normalized spacial score (nSPS) is 16.0. The van der Waals surface area contributed by atoms with E-state index in [-0.39, 0.29) is 17.8 Å². The molecule has 0 atom stereocenters. The molecule has 0 unspecified atom stereocenters. The summed E-state index contributed by atoms with van der Waals surface area (Å²) in [6.07, 6.45) is 6.55. The Bertz CT molecular complexity index is 1170. The van der Waals surface area contributed by atoms with E-state index < -0.39 is 0 Å². The fraction of sp³-hybridized carbons (Fsp3) is 0.550. The summed E-state index contributed by atoms with van der Waals surface area (Å²) >= 11 is 0. The van der Waals surface area contributed by atoms with Crippen LogP contribution in [0.2, 0.25) is 0 Å². The van der Waals surface area contributed by atoms with Crippen molar-refractivity contribution in [3.63, 3.8) is 0 Å². The second kappa shape index (κ2) is 8.00. The van der Waals surface area contributed by atoms with E-state index in [2.05, 4.69) is 14.5 Å². The summed E-state index contributed by atoms with van der Waals surface area (Å²) in [7, 11) is 1.67. The van der Waals surface area contributed by atoms with E-state index in [1.807, 2.05) is 30.5 Å². The molecule has 0 aromatic carbocycles. The van der Waals surface area contributed by atoms with Crippen LogP contribution < -0.4 is 11.2 Å². The van der Waals surface area contributed by atoms with Crippen molar-refractivity contribution < 1.29 is 4.74 Å². The van der Waals surface area contributed by atoms with Gasteiger partial charge in [-0.25, -0.2) is 4.79 Å². The molecule has 1 aliphatic rings. The molecule has 0 aliphatic carbocycles. The minimum atomic E-state index is -0.350. The third-order valence-corrected chi connectivity index (χ3v) is 5.62. The van der Waals surface area contributed by atoms with Gasteiger partial charge in [0.25, 0.3) is 5.56 Å². The molecule has 4 heterocycles. The molecule has 9 heteroatoms. The van der Waals surface area contributed by atoms with E-state index in [1.165, 1.54) is 9.13 Å². The molecule has 9 nitrogen and oxygen atoms in total. The SMILES string of the molecule is CC=CCn1c(=O)c2c(nc3n(CCCN4CCOCC4)c(C)cn23)n(C)c1=O. The third-order valence-electron chi connectivity index (χ3n) is 5.62. The van der Waals surface area contributed by atoms with Crippen LogP contribution in [0.5, 0.6) is 0 Å². The standard InChI is InChI=1S/C20H28N6O3/c1-4-5-8-25-18(27)16-17(22(3)20(25)28)21-19-24(15(2)14-26(16)19)9-6-7-23-10-12-29-13-11-23/h4-5,14H,6-13H2,1-3H3. The first-order chi connectivity index (χ1) is 14.0. The lowest BCUT2D eigenvalue weighted by atomic mass is 10.3. The Morgan fingerprint density at radius 3 is 2.66 bits per heavy atom. The quantitative estimate of drug-likeness (QED) is 0.571. The van der Waals surface area contributed by atoms with Gasteiger partial charge in [-0.05, 0) is 20.3 Å². The lowest BCUT2D eigenvalue weighted by Crippen LogP contribution is -2.39. The van der Waals surface area contributed by atoms with E-state index in [0.717, 1.165) is 51.5 Å². The molecule has 3 aromatic heterocycles. The lowest BCUT2D eigenvalue weighted by Gasteiger charge is -2.26. The van der Waals surface area contributed by atoms with Gasteiger partial charge in [0.1, 0.15) is 0 Å². The van der Waals surface area contributed by atoms with E-state index in [0.29, 0.717) is 16.9 Å². The second-order valence-corrected chi connectivity index (χ2v) is 7.51. The molecule has 1 aliphatic heterocycles. The van der Waals surface area contributed by atoms with Crippen molar-refractivity contribution in [2.75, 3.05) is 32.8 Å². The number of aryl methyl sites for hydroxylation is 3. The van der Waals surface area contributed by atoms with Crippen LogP contribution in [0.25, 0.3) is 16.9 Å². The van der Waals surface area contributed by atoms with Crippen LogP contribution in [0.15, 0.2) is 27.9 Å². The van der Waals surface area contributed by atoms with Gasteiger partial charge in [0, 0.05) is 51.7 Å². The van der Waals surface area contributed by atoms with Crippen LogP contribution in [-0.2, 0) is 24.9 Å². The first-order valence-electron chi connectivity index (χ1n) is 10.1. The Morgan fingerprint density at radius 1 is 1.17 bits per heavy atom. The Labute approximate surface area is 168 Å². The molecule has 0 amide bonds. The zero-order valence-electron chi connectivity index (χ0n) is 17.3. The predicted molar refractivity (Wildman–Crippen MR) is 112 cm³/mol. The highest BCUT2D eigenvalue weighted by Crippen LogP contribution is 2.16. The largest absolute Gasteiger partial charge is 0.379 e. The molecule has 1 fully saturated rings. The minimum Gasteiger partial charge on any atom is -0.379 e. The fourth-order valence-electron chi connectivity index (χ4n) is 3.98. The highest BCUT2D eigenvalue weighted by atomic mass is 16.5. The smallest absolute Gasteiger partial charge is 0.332 e. The third kappa shape index (κ3) is 3.44. The predicted octanol–water partition coefficient (Wildman–Crippen LogP) is 0.756. The molecule has 0 bridgehead atoms. The molecule has 0 saturated carbocycles. The molecule has 1 saturated heterocycles. The molecule has 0 radical (unpaired) electrons. The second-order valence-electron chi connectivity index (χ2n) is 7.51. The average molecular weight is 400 g/mol. The van der Waals surface area contributed by atoms with Crippen molar-refractivity contribution in [1.29, 1.82) is 0 Å². The molecular formula is C20H28N6O3. The Hall–Kier alpha value is -2.65. The number of nitrogens with zero attached hydrogens (tertiary/aromatic N) is 6. The number of rotatable bonds is 6. The van der Waals surface area contributed by atoms with E-state index in [4.69, 9.17) is 4.74 Å². The lowest BCUT2D eigenvalue weighted by molar-refractivity contribution is 0.0369. The first-order valence-corrected chi connectivity index (χ1v) is 10.1. The summed E-state index contributed by atoms with van der Waals surface area (Å²) < 4.78 is 12.1. The van der Waals surface area contributed by atoms with E-state index in [9.17, 15) is 9.59 Å². The summed E-state index contributed by atoms with van der Waals surface area (Å²) in [5.74, 6) is 0.704. The first kappa shape index (κ1) is 19.7. The van der Waals surface area contributed by atoms with Gasteiger partial charge >= 0.3 is 5.69 Å². The number of imidazole rings is 2. The summed E-state index contributed by atoms with van der Waals surface area (Å²) in [6.45, 7) is 9.50. The summed E-state index contributed by atoms with van der Waals surface area (Å²) in [6, 6.07) is 0. The van der Waals surface area contributed by atoms with Crippen LogP contribution in [0, 0.1) is 6.92 Å². The summed E-state index contributed by atoms with van der Waals surface area (Å²) in [5, 5.41) is 0. The number of allylic oxidation sites excluding steroid dienone is 2. The number of hydrogen-bond acceptors (Lipinski definition) is 5. The van der Waals surface area contributed by atoms with Crippen LogP contribution in [0.3, 0.4) is 0 Å².